The Labute approximate surface area is 85.4 Å². The fraction of sp³-hybridized carbons (Fsp3) is 0.333. The molecule has 0 atom stereocenters. The maximum Gasteiger partial charge on any atom is 0.0941 e. The van der Waals surface area contributed by atoms with Crippen LogP contribution in [0.4, 0.5) is 5.69 Å². The first kappa shape index (κ1) is 9.13. The summed E-state index contributed by atoms with van der Waals surface area (Å²) in [6.07, 6.45) is 2.20. The summed E-state index contributed by atoms with van der Waals surface area (Å²) in [6.45, 7) is 5.24. The standard InChI is InChI=1S/C12H16N2/c1-10-6-4-5-7-12(10)14-8-11(2)13(3)9-14/h4-8H,9H2,1-3H3. The van der Waals surface area contributed by atoms with Crippen LogP contribution >= 0.6 is 0 Å². The summed E-state index contributed by atoms with van der Waals surface area (Å²) in [5, 5.41) is 0. The highest BCUT2D eigenvalue weighted by Crippen LogP contribution is 2.24. The second-order valence-electron chi connectivity index (χ2n) is 3.87. The summed E-state index contributed by atoms with van der Waals surface area (Å²) < 4.78 is 0. The van der Waals surface area contributed by atoms with Crippen molar-refractivity contribution in [3.05, 3.63) is 41.7 Å². The van der Waals surface area contributed by atoms with E-state index in [0.29, 0.717) is 0 Å². The molecule has 0 saturated carbocycles. The van der Waals surface area contributed by atoms with E-state index in [1.54, 1.807) is 0 Å². The highest BCUT2D eigenvalue weighted by molar-refractivity contribution is 5.56. The molecule has 14 heavy (non-hydrogen) atoms. The van der Waals surface area contributed by atoms with E-state index in [-0.39, 0.29) is 0 Å². The molecule has 74 valence electrons. The van der Waals surface area contributed by atoms with Crippen LogP contribution in [0.25, 0.3) is 0 Å². The molecule has 0 N–H and O–H groups in total. The van der Waals surface area contributed by atoms with Gasteiger partial charge in [-0.2, -0.15) is 0 Å². The van der Waals surface area contributed by atoms with E-state index in [1.165, 1.54) is 16.9 Å². The molecule has 0 radical (unpaired) electrons. The van der Waals surface area contributed by atoms with Gasteiger partial charge >= 0.3 is 0 Å². The Balaban J connectivity index is 2.30. The average molecular weight is 188 g/mol. The maximum atomic E-state index is 2.28. The molecule has 0 aliphatic carbocycles. The summed E-state index contributed by atoms with van der Waals surface area (Å²) in [5.41, 5.74) is 3.94. The summed E-state index contributed by atoms with van der Waals surface area (Å²) >= 11 is 0. The smallest absolute Gasteiger partial charge is 0.0941 e. The minimum Gasteiger partial charge on any atom is -0.359 e. The topological polar surface area (TPSA) is 6.48 Å². The van der Waals surface area contributed by atoms with E-state index in [0.717, 1.165) is 6.67 Å². The molecule has 2 rings (SSSR count). The second kappa shape index (κ2) is 3.37. The summed E-state index contributed by atoms with van der Waals surface area (Å²) in [5.74, 6) is 0. The predicted molar refractivity (Wildman–Crippen MR) is 60.0 cm³/mol. The van der Waals surface area contributed by atoms with Gasteiger partial charge in [0.1, 0.15) is 0 Å². The zero-order valence-corrected chi connectivity index (χ0v) is 8.99. The van der Waals surface area contributed by atoms with E-state index < -0.39 is 0 Å². The van der Waals surface area contributed by atoms with Crippen molar-refractivity contribution < 1.29 is 0 Å². The van der Waals surface area contributed by atoms with Crippen LogP contribution in [0.1, 0.15) is 12.5 Å². The van der Waals surface area contributed by atoms with Gasteiger partial charge in [0, 0.05) is 24.6 Å². The zero-order chi connectivity index (χ0) is 10.1. The fourth-order valence-corrected chi connectivity index (χ4v) is 1.74. The van der Waals surface area contributed by atoms with Crippen LogP contribution in [-0.2, 0) is 0 Å². The third-order valence-electron chi connectivity index (χ3n) is 2.73. The number of hydrogen-bond acceptors (Lipinski definition) is 2. The molecule has 1 aliphatic heterocycles. The number of aryl methyl sites for hydroxylation is 1. The van der Waals surface area contributed by atoms with E-state index >= 15 is 0 Å². The third kappa shape index (κ3) is 1.48. The molecule has 0 spiro atoms. The minimum absolute atomic E-state index is 0.955. The predicted octanol–water partition coefficient (Wildman–Crippen LogP) is 2.57. The Morgan fingerprint density at radius 1 is 1.14 bits per heavy atom. The van der Waals surface area contributed by atoms with Crippen molar-refractivity contribution in [2.24, 2.45) is 0 Å². The Kier molecular flexibility index (Phi) is 2.20. The van der Waals surface area contributed by atoms with Gasteiger partial charge in [0.2, 0.25) is 0 Å². The molecular weight excluding hydrogens is 172 g/mol. The van der Waals surface area contributed by atoms with Crippen LogP contribution in [0.5, 0.6) is 0 Å². The van der Waals surface area contributed by atoms with Crippen molar-refractivity contribution in [3.63, 3.8) is 0 Å². The van der Waals surface area contributed by atoms with E-state index in [2.05, 4.69) is 61.2 Å². The number of hydrogen-bond donors (Lipinski definition) is 0. The minimum atomic E-state index is 0.955. The molecule has 0 bridgehead atoms. The van der Waals surface area contributed by atoms with Gasteiger partial charge in [-0.05, 0) is 25.5 Å². The van der Waals surface area contributed by atoms with Crippen LogP contribution in [0.15, 0.2) is 36.2 Å². The van der Waals surface area contributed by atoms with Crippen LogP contribution in [-0.4, -0.2) is 18.6 Å². The van der Waals surface area contributed by atoms with Gasteiger partial charge in [0.25, 0.3) is 0 Å². The van der Waals surface area contributed by atoms with Crippen molar-refractivity contribution in [3.8, 4) is 0 Å². The summed E-state index contributed by atoms with van der Waals surface area (Å²) in [6, 6.07) is 8.48. The van der Waals surface area contributed by atoms with Crippen LogP contribution in [0.3, 0.4) is 0 Å². The second-order valence-corrected chi connectivity index (χ2v) is 3.87. The Morgan fingerprint density at radius 3 is 2.43 bits per heavy atom. The molecule has 0 saturated heterocycles. The highest BCUT2D eigenvalue weighted by Gasteiger charge is 2.15. The number of para-hydroxylation sites is 1. The largest absolute Gasteiger partial charge is 0.359 e. The molecule has 2 nitrogen and oxygen atoms in total. The number of benzene rings is 1. The van der Waals surface area contributed by atoms with Crippen molar-refractivity contribution in [1.29, 1.82) is 0 Å². The summed E-state index contributed by atoms with van der Waals surface area (Å²) in [7, 11) is 2.12. The lowest BCUT2D eigenvalue weighted by molar-refractivity contribution is 0.459. The lowest BCUT2D eigenvalue weighted by Gasteiger charge is -2.20. The first-order valence-corrected chi connectivity index (χ1v) is 4.90. The molecule has 1 heterocycles. The van der Waals surface area contributed by atoms with Gasteiger partial charge in [0.15, 0.2) is 0 Å². The molecule has 0 unspecified atom stereocenters. The molecule has 0 amide bonds. The van der Waals surface area contributed by atoms with Crippen molar-refractivity contribution >= 4 is 5.69 Å². The van der Waals surface area contributed by atoms with Gasteiger partial charge in [-0.25, -0.2) is 0 Å². The lowest BCUT2D eigenvalue weighted by Crippen LogP contribution is -2.23. The molecule has 1 aromatic carbocycles. The molecule has 0 aromatic heterocycles. The van der Waals surface area contributed by atoms with Gasteiger partial charge in [-0.1, -0.05) is 18.2 Å². The van der Waals surface area contributed by atoms with Crippen LogP contribution in [0.2, 0.25) is 0 Å². The highest BCUT2D eigenvalue weighted by atomic mass is 15.3. The van der Waals surface area contributed by atoms with E-state index in [1.807, 2.05) is 0 Å². The monoisotopic (exact) mass is 188 g/mol. The van der Waals surface area contributed by atoms with Crippen LogP contribution < -0.4 is 4.90 Å². The maximum absolute atomic E-state index is 2.28. The third-order valence-corrected chi connectivity index (χ3v) is 2.73. The van der Waals surface area contributed by atoms with Gasteiger partial charge in [-0.3, -0.25) is 0 Å². The van der Waals surface area contributed by atoms with Crippen molar-refractivity contribution in [1.82, 2.24) is 4.90 Å². The Hall–Kier alpha value is -1.44. The first-order valence-electron chi connectivity index (χ1n) is 4.90. The number of allylic oxidation sites excluding steroid dienone is 1. The molecule has 1 aliphatic rings. The molecule has 1 aromatic rings. The Bertz CT molecular complexity index is 368. The quantitative estimate of drug-likeness (QED) is 0.668. The zero-order valence-electron chi connectivity index (χ0n) is 8.99. The Morgan fingerprint density at radius 2 is 1.86 bits per heavy atom. The molecular formula is C12H16N2. The van der Waals surface area contributed by atoms with Gasteiger partial charge < -0.3 is 9.80 Å². The van der Waals surface area contributed by atoms with Gasteiger partial charge in [-0.15, -0.1) is 0 Å². The van der Waals surface area contributed by atoms with Crippen molar-refractivity contribution in [2.45, 2.75) is 13.8 Å². The molecule has 0 fully saturated rings. The fourth-order valence-electron chi connectivity index (χ4n) is 1.74. The summed E-state index contributed by atoms with van der Waals surface area (Å²) in [4.78, 5) is 4.52. The van der Waals surface area contributed by atoms with Crippen molar-refractivity contribution in [2.75, 3.05) is 18.6 Å². The first-order chi connectivity index (χ1) is 6.68. The number of anilines is 1. The number of rotatable bonds is 1. The number of nitrogens with zero attached hydrogens (tertiary/aromatic N) is 2. The van der Waals surface area contributed by atoms with Crippen LogP contribution in [0, 0.1) is 6.92 Å². The average Bonchev–Trinajstić information content (AvgIpc) is 2.48. The van der Waals surface area contributed by atoms with E-state index in [9.17, 15) is 0 Å². The molecule has 2 heteroatoms. The SMILES string of the molecule is CC1=CN(c2ccccc2C)CN1C. The normalized spacial score (nSPS) is 16.1. The van der Waals surface area contributed by atoms with Gasteiger partial charge in [0.05, 0.1) is 6.67 Å². The lowest BCUT2D eigenvalue weighted by atomic mass is 10.2. The van der Waals surface area contributed by atoms with E-state index in [4.69, 9.17) is 0 Å².